The second-order valence-corrected chi connectivity index (χ2v) is 7.79. The Kier molecular flexibility index (Phi) is 4.96. The molecule has 0 amide bonds. The van der Waals surface area contributed by atoms with Gasteiger partial charge in [-0.1, -0.05) is 25.1 Å². The van der Waals surface area contributed by atoms with E-state index >= 15 is 0 Å². The third-order valence-corrected chi connectivity index (χ3v) is 6.11. The number of nitrogens with zero attached hydrogens (tertiary/aromatic N) is 3. The van der Waals surface area contributed by atoms with Gasteiger partial charge in [-0.2, -0.15) is 0 Å². The van der Waals surface area contributed by atoms with Crippen LogP contribution in [0.1, 0.15) is 29.8 Å². The van der Waals surface area contributed by atoms with Gasteiger partial charge in [-0.05, 0) is 54.6 Å². The highest BCUT2D eigenvalue weighted by Gasteiger charge is 2.45. The molecule has 2 aromatic rings. The van der Waals surface area contributed by atoms with Gasteiger partial charge in [0.1, 0.15) is 5.75 Å². The summed E-state index contributed by atoms with van der Waals surface area (Å²) in [4.78, 5) is 9.77. The molecule has 138 valence electrons. The molecule has 0 spiro atoms. The fourth-order valence-electron chi connectivity index (χ4n) is 4.77. The molecule has 0 unspecified atom stereocenters. The molecule has 2 fully saturated rings. The number of ether oxygens (including phenoxy) is 1. The standard InChI is InChI=1S/C22H29N3O/c1-4-16-5-8-19(23-11-16)14-25-13-18-12-24(2)22(21(18)15-25)17-6-9-20(26-3)10-7-17/h5-11,18,21-22H,4,12-15H2,1-3H3/t18-,21+,22-/m0/s1. The molecule has 0 N–H and O–H groups in total. The molecule has 2 saturated heterocycles. The van der Waals surface area contributed by atoms with Gasteiger partial charge in [0.15, 0.2) is 0 Å². The van der Waals surface area contributed by atoms with Crippen LogP contribution in [0.15, 0.2) is 42.6 Å². The van der Waals surface area contributed by atoms with E-state index in [1.54, 1.807) is 7.11 Å². The van der Waals surface area contributed by atoms with Crippen molar-refractivity contribution in [2.45, 2.75) is 25.9 Å². The minimum atomic E-state index is 0.506. The largest absolute Gasteiger partial charge is 0.497 e. The third-order valence-electron chi connectivity index (χ3n) is 6.11. The molecule has 26 heavy (non-hydrogen) atoms. The van der Waals surface area contributed by atoms with Crippen LogP contribution < -0.4 is 4.74 Å². The van der Waals surface area contributed by atoms with Gasteiger partial charge in [0.25, 0.3) is 0 Å². The van der Waals surface area contributed by atoms with E-state index in [1.807, 2.05) is 6.20 Å². The zero-order chi connectivity index (χ0) is 18.1. The van der Waals surface area contributed by atoms with E-state index in [0.29, 0.717) is 12.0 Å². The van der Waals surface area contributed by atoms with Gasteiger partial charge in [0.2, 0.25) is 0 Å². The van der Waals surface area contributed by atoms with Crippen LogP contribution in [0.3, 0.4) is 0 Å². The molecule has 3 heterocycles. The molecule has 4 rings (SSSR count). The Morgan fingerprint density at radius 3 is 2.54 bits per heavy atom. The SMILES string of the molecule is CCc1ccc(CN2C[C@@H]3CN(C)[C@@H](c4ccc(OC)cc4)[C@@H]3C2)nc1. The Morgan fingerprint density at radius 1 is 1.08 bits per heavy atom. The third kappa shape index (κ3) is 3.36. The monoisotopic (exact) mass is 351 g/mol. The molecule has 1 aromatic carbocycles. The number of methoxy groups -OCH3 is 1. The van der Waals surface area contributed by atoms with Crippen LogP contribution in [-0.4, -0.2) is 48.6 Å². The molecular formula is C22H29N3O. The van der Waals surface area contributed by atoms with Gasteiger partial charge < -0.3 is 4.74 Å². The summed E-state index contributed by atoms with van der Waals surface area (Å²) in [5, 5.41) is 0. The number of pyridine rings is 1. The van der Waals surface area contributed by atoms with Crippen LogP contribution in [0.25, 0.3) is 0 Å². The lowest BCUT2D eigenvalue weighted by Crippen LogP contribution is -2.29. The van der Waals surface area contributed by atoms with Crippen molar-refractivity contribution >= 4 is 0 Å². The van der Waals surface area contributed by atoms with Gasteiger partial charge in [-0.15, -0.1) is 0 Å². The average Bonchev–Trinajstić information content (AvgIpc) is 3.18. The van der Waals surface area contributed by atoms with Crippen molar-refractivity contribution in [1.29, 1.82) is 0 Å². The first-order valence-electron chi connectivity index (χ1n) is 9.68. The summed E-state index contributed by atoms with van der Waals surface area (Å²) >= 11 is 0. The maximum Gasteiger partial charge on any atom is 0.118 e. The number of rotatable bonds is 5. The van der Waals surface area contributed by atoms with Gasteiger partial charge in [-0.3, -0.25) is 14.8 Å². The number of hydrogen-bond acceptors (Lipinski definition) is 4. The smallest absolute Gasteiger partial charge is 0.118 e. The van der Waals surface area contributed by atoms with Crippen molar-refractivity contribution in [2.24, 2.45) is 11.8 Å². The molecule has 0 saturated carbocycles. The predicted octanol–water partition coefficient (Wildman–Crippen LogP) is 3.39. The second-order valence-electron chi connectivity index (χ2n) is 7.79. The topological polar surface area (TPSA) is 28.6 Å². The summed E-state index contributed by atoms with van der Waals surface area (Å²) in [7, 11) is 3.99. The average molecular weight is 351 g/mol. The fraction of sp³-hybridized carbons (Fsp3) is 0.500. The van der Waals surface area contributed by atoms with Crippen LogP contribution in [0.2, 0.25) is 0 Å². The van der Waals surface area contributed by atoms with Gasteiger partial charge in [0.05, 0.1) is 12.8 Å². The Bertz CT molecular complexity index is 728. The summed E-state index contributed by atoms with van der Waals surface area (Å²) in [6.07, 6.45) is 3.08. The first-order valence-corrected chi connectivity index (χ1v) is 9.68. The van der Waals surface area contributed by atoms with Crippen molar-refractivity contribution in [3.05, 3.63) is 59.4 Å². The molecule has 4 heteroatoms. The first-order chi connectivity index (χ1) is 12.7. The highest BCUT2D eigenvalue weighted by Crippen LogP contribution is 2.44. The van der Waals surface area contributed by atoms with Crippen molar-refractivity contribution in [1.82, 2.24) is 14.8 Å². The van der Waals surface area contributed by atoms with E-state index < -0.39 is 0 Å². The summed E-state index contributed by atoms with van der Waals surface area (Å²) in [5.74, 6) is 2.38. The number of hydrogen-bond donors (Lipinski definition) is 0. The zero-order valence-corrected chi connectivity index (χ0v) is 16.1. The number of benzene rings is 1. The van der Waals surface area contributed by atoms with E-state index in [9.17, 15) is 0 Å². The molecule has 0 bridgehead atoms. The highest BCUT2D eigenvalue weighted by molar-refractivity contribution is 5.30. The molecule has 0 aliphatic carbocycles. The maximum absolute atomic E-state index is 5.32. The summed E-state index contributed by atoms with van der Waals surface area (Å²) in [6.45, 7) is 6.66. The lowest BCUT2D eigenvalue weighted by molar-refractivity contribution is 0.223. The van der Waals surface area contributed by atoms with E-state index in [0.717, 1.165) is 31.2 Å². The number of aryl methyl sites for hydroxylation is 1. The van der Waals surface area contributed by atoms with E-state index in [1.165, 1.54) is 29.9 Å². The van der Waals surface area contributed by atoms with Gasteiger partial charge >= 0.3 is 0 Å². The van der Waals surface area contributed by atoms with Crippen LogP contribution in [0.5, 0.6) is 5.75 Å². The molecule has 1 aromatic heterocycles. The normalized spacial score (nSPS) is 26.2. The molecule has 2 aliphatic rings. The van der Waals surface area contributed by atoms with Crippen LogP contribution >= 0.6 is 0 Å². The van der Waals surface area contributed by atoms with Crippen molar-refractivity contribution < 1.29 is 4.74 Å². The molecule has 4 nitrogen and oxygen atoms in total. The maximum atomic E-state index is 5.32. The van der Waals surface area contributed by atoms with E-state index in [2.05, 4.69) is 65.2 Å². The summed E-state index contributed by atoms with van der Waals surface area (Å²) in [6, 6.07) is 13.6. The minimum Gasteiger partial charge on any atom is -0.497 e. The van der Waals surface area contributed by atoms with Crippen LogP contribution in [-0.2, 0) is 13.0 Å². The van der Waals surface area contributed by atoms with Crippen molar-refractivity contribution in [2.75, 3.05) is 33.8 Å². The van der Waals surface area contributed by atoms with Gasteiger partial charge in [-0.25, -0.2) is 0 Å². The quantitative estimate of drug-likeness (QED) is 0.826. The summed E-state index contributed by atoms with van der Waals surface area (Å²) in [5.41, 5.74) is 3.91. The zero-order valence-electron chi connectivity index (χ0n) is 16.1. The molecule has 2 aliphatic heterocycles. The lowest BCUT2D eigenvalue weighted by Gasteiger charge is -2.27. The Labute approximate surface area is 156 Å². The molecular weight excluding hydrogens is 322 g/mol. The van der Waals surface area contributed by atoms with Crippen molar-refractivity contribution in [3.8, 4) is 5.75 Å². The molecule has 3 atom stereocenters. The first kappa shape index (κ1) is 17.5. The minimum absolute atomic E-state index is 0.506. The fourth-order valence-corrected chi connectivity index (χ4v) is 4.77. The Hall–Kier alpha value is -1.91. The van der Waals surface area contributed by atoms with Crippen molar-refractivity contribution in [3.63, 3.8) is 0 Å². The second kappa shape index (κ2) is 7.37. The molecule has 0 radical (unpaired) electrons. The summed E-state index contributed by atoms with van der Waals surface area (Å²) < 4.78 is 5.32. The highest BCUT2D eigenvalue weighted by atomic mass is 16.5. The van der Waals surface area contributed by atoms with Crippen LogP contribution in [0, 0.1) is 11.8 Å². The lowest BCUT2D eigenvalue weighted by atomic mass is 9.89. The predicted molar refractivity (Wildman–Crippen MR) is 104 cm³/mol. The number of likely N-dealkylation sites (tertiary alicyclic amines) is 2. The van der Waals surface area contributed by atoms with E-state index in [4.69, 9.17) is 4.74 Å². The number of fused-ring (bicyclic) bond motifs is 1. The van der Waals surface area contributed by atoms with Crippen LogP contribution in [0.4, 0.5) is 0 Å². The Morgan fingerprint density at radius 2 is 1.88 bits per heavy atom. The van der Waals surface area contributed by atoms with E-state index in [-0.39, 0.29) is 0 Å². The Balaban J connectivity index is 1.45. The van der Waals surface area contributed by atoms with Gasteiger partial charge in [0, 0.05) is 38.4 Å². The number of aromatic nitrogens is 1.